The highest BCUT2D eigenvalue weighted by Gasteiger charge is 2.29. The highest BCUT2D eigenvalue weighted by Crippen LogP contribution is 2.32. The van der Waals surface area contributed by atoms with Crippen LogP contribution < -0.4 is 0 Å². The molecule has 1 heterocycles. The van der Waals surface area contributed by atoms with Gasteiger partial charge >= 0.3 is 0 Å². The van der Waals surface area contributed by atoms with E-state index in [9.17, 15) is 9.50 Å². The lowest BCUT2D eigenvalue weighted by Gasteiger charge is -2.35. The molecule has 0 spiro atoms. The minimum Gasteiger partial charge on any atom is -0.388 e. The molecule has 0 aromatic heterocycles. The maximum Gasteiger partial charge on any atom is 0.123 e. The average molecular weight is 339 g/mol. The number of benzene rings is 2. The standard InChI is InChI=1S/C22H26FNO/c23-21-7-5-17(6-8-21)22(25)18-9-11-24(12-10-18)15-16-13-19-3-1-2-4-20(19)14-16/h1-8,16,18,22,25H,9-15H2/t22-/m0/s1. The topological polar surface area (TPSA) is 23.5 Å². The Hall–Kier alpha value is -1.71. The number of rotatable bonds is 4. The van der Waals surface area contributed by atoms with Crippen molar-refractivity contribution in [1.82, 2.24) is 4.90 Å². The summed E-state index contributed by atoms with van der Waals surface area (Å²) in [4.78, 5) is 2.56. The summed E-state index contributed by atoms with van der Waals surface area (Å²) in [6.45, 7) is 3.26. The quantitative estimate of drug-likeness (QED) is 0.910. The zero-order chi connectivity index (χ0) is 17.2. The van der Waals surface area contributed by atoms with Crippen molar-refractivity contribution in [2.45, 2.75) is 31.8 Å². The van der Waals surface area contributed by atoms with Crippen molar-refractivity contribution in [3.63, 3.8) is 0 Å². The number of hydrogen-bond acceptors (Lipinski definition) is 2. The van der Waals surface area contributed by atoms with E-state index in [0.717, 1.165) is 44.0 Å². The molecule has 132 valence electrons. The summed E-state index contributed by atoms with van der Waals surface area (Å²) in [7, 11) is 0. The van der Waals surface area contributed by atoms with Crippen molar-refractivity contribution in [3.8, 4) is 0 Å². The Labute approximate surface area is 149 Å². The van der Waals surface area contributed by atoms with Gasteiger partial charge in [-0.3, -0.25) is 0 Å². The zero-order valence-electron chi connectivity index (χ0n) is 14.6. The van der Waals surface area contributed by atoms with Crippen LogP contribution in [0.2, 0.25) is 0 Å². The second kappa shape index (κ2) is 7.27. The van der Waals surface area contributed by atoms with E-state index in [1.165, 1.54) is 36.1 Å². The van der Waals surface area contributed by atoms with Crippen LogP contribution in [0.4, 0.5) is 4.39 Å². The molecule has 0 bridgehead atoms. The van der Waals surface area contributed by atoms with E-state index in [-0.39, 0.29) is 11.7 Å². The molecule has 1 aliphatic heterocycles. The first kappa shape index (κ1) is 16.7. The van der Waals surface area contributed by atoms with Gasteiger partial charge in [-0.05, 0) is 79.4 Å². The van der Waals surface area contributed by atoms with Gasteiger partial charge < -0.3 is 10.0 Å². The first-order valence-corrected chi connectivity index (χ1v) is 9.41. The number of halogens is 1. The molecule has 1 aliphatic carbocycles. The fourth-order valence-electron chi connectivity index (χ4n) is 4.53. The number of aliphatic hydroxyl groups excluding tert-OH is 1. The Morgan fingerprint density at radius 3 is 2.16 bits per heavy atom. The molecule has 1 fully saturated rings. The summed E-state index contributed by atoms with van der Waals surface area (Å²) in [5.74, 6) is 0.766. The lowest BCUT2D eigenvalue weighted by atomic mass is 9.87. The molecule has 2 aliphatic rings. The van der Waals surface area contributed by atoms with E-state index in [1.54, 1.807) is 12.1 Å². The van der Waals surface area contributed by atoms with Gasteiger partial charge in [-0.2, -0.15) is 0 Å². The van der Waals surface area contributed by atoms with Crippen LogP contribution in [0.5, 0.6) is 0 Å². The summed E-state index contributed by atoms with van der Waals surface area (Å²) in [6.07, 6.45) is 3.96. The van der Waals surface area contributed by atoms with Gasteiger partial charge in [0.2, 0.25) is 0 Å². The van der Waals surface area contributed by atoms with Gasteiger partial charge in [0.05, 0.1) is 6.10 Å². The molecule has 3 heteroatoms. The van der Waals surface area contributed by atoms with Gasteiger partial charge in [0, 0.05) is 6.54 Å². The Balaban J connectivity index is 1.28. The predicted octanol–water partition coefficient (Wildman–Crippen LogP) is 3.99. The van der Waals surface area contributed by atoms with E-state index < -0.39 is 6.10 Å². The van der Waals surface area contributed by atoms with E-state index >= 15 is 0 Å². The summed E-state index contributed by atoms with van der Waals surface area (Å²) in [5, 5.41) is 10.6. The molecule has 0 radical (unpaired) electrons. The second-order valence-corrected chi connectivity index (χ2v) is 7.68. The summed E-state index contributed by atoms with van der Waals surface area (Å²) in [5.41, 5.74) is 3.88. The van der Waals surface area contributed by atoms with Crippen molar-refractivity contribution in [2.75, 3.05) is 19.6 Å². The Morgan fingerprint density at radius 2 is 1.56 bits per heavy atom. The van der Waals surface area contributed by atoms with Crippen LogP contribution in [-0.2, 0) is 12.8 Å². The SMILES string of the molecule is O[C@@H](c1ccc(F)cc1)C1CCN(CC2Cc3ccccc3C2)CC1. The van der Waals surface area contributed by atoms with Gasteiger partial charge in [-0.1, -0.05) is 36.4 Å². The molecule has 1 N–H and O–H groups in total. The number of piperidine rings is 1. The summed E-state index contributed by atoms with van der Waals surface area (Å²) < 4.78 is 13.0. The van der Waals surface area contributed by atoms with Crippen LogP contribution in [0.25, 0.3) is 0 Å². The molecule has 2 aromatic carbocycles. The van der Waals surface area contributed by atoms with E-state index in [0.29, 0.717) is 0 Å². The summed E-state index contributed by atoms with van der Waals surface area (Å²) in [6, 6.07) is 15.1. The normalized spacial score (nSPS) is 20.6. The Morgan fingerprint density at radius 1 is 0.960 bits per heavy atom. The minimum absolute atomic E-state index is 0.247. The molecule has 0 amide bonds. The number of likely N-dealkylation sites (tertiary alicyclic amines) is 1. The molecule has 1 saturated heterocycles. The van der Waals surface area contributed by atoms with Crippen molar-refractivity contribution in [3.05, 3.63) is 71.0 Å². The van der Waals surface area contributed by atoms with Gasteiger partial charge in [0.1, 0.15) is 5.82 Å². The van der Waals surface area contributed by atoms with Crippen LogP contribution >= 0.6 is 0 Å². The van der Waals surface area contributed by atoms with Crippen LogP contribution in [-0.4, -0.2) is 29.6 Å². The van der Waals surface area contributed by atoms with Gasteiger partial charge in [-0.15, -0.1) is 0 Å². The maximum atomic E-state index is 13.0. The van der Waals surface area contributed by atoms with Gasteiger partial charge in [-0.25, -0.2) is 4.39 Å². The average Bonchev–Trinajstić information content (AvgIpc) is 3.05. The van der Waals surface area contributed by atoms with Crippen molar-refractivity contribution in [1.29, 1.82) is 0 Å². The van der Waals surface area contributed by atoms with E-state index in [4.69, 9.17) is 0 Å². The van der Waals surface area contributed by atoms with Gasteiger partial charge in [0.25, 0.3) is 0 Å². The van der Waals surface area contributed by atoms with Gasteiger partial charge in [0.15, 0.2) is 0 Å². The third-order valence-electron chi connectivity index (χ3n) is 5.94. The third-order valence-corrected chi connectivity index (χ3v) is 5.94. The lowest BCUT2D eigenvalue weighted by molar-refractivity contribution is 0.0546. The van der Waals surface area contributed by atoms with Crippen LogP contribution in [0, 0.1) is 17.7 Å². The second-order valence-electron chi connectivity index (χ2n) is 7.68. The minimum atomic E-state index is -0.474. The van der Waals surface area contributed by atoms with E-state index in [2.05, 4.69) is 29.2 Å². The smallest absolute Gasteiger partial charge is 0.123 e. The largest absolute Gasteiger partial charge is 0.388 e. The Kier molecular flexibility index (Phi) is 4.87. The number of fused-ring (bicyclic) bond motifs is 1. The zero-order valence-corrected chi connectivity index (χ0v) is 14.6. The van der Waals surface area contributed by atoms with Crippen molar-refractivity contribution < 1.29 is 9.50 Å². The Bertz CT molecular complexity index is 681. The molecule has 0 unspecified atom stereocenters. The molecule has 2 aromatic rings. The fraction of sp³-hybridized carbons (Fsp3) is 0.455. The van der Waals surface area contributed by atoms with E-state index in [1.807, 2.05) is 0 Å². The molecule has 2 nitrogen and oxygen atoms in total. The van der Waals surface area contributed by atoms with Crippen molar-refractivity contribution >= 4 is 0 Å². The molecular weight excluding hydrogens is 313 g/mol. The first-order valence-electron chi connectivity index (χ1n) is 9.41. The van der Waals surface area contributed by atoms with Crippen molar-refractivity contribution in [2.24, 2.45) is 11.8 Å². The summed E-state index contributed by atoms with van der Waals surface area (Å²) >= 11 is 0. The van der Waals surface area contributed by atoms with Crippen LogP contribution in [0.3, 0.4) is 0 Å². The first-order chi connectivity index (χ1) is 12.2. The highest BCUT2D eigenvalue weighted by atomic mass is 19.1. The number of aliphatic hydroxyl groups is 1. The molecule has 25 heavy (non-hydrogen) atoms. The number of hydrogen-bond donors (Lipinski definition) is 1. The molecule has 1 atom stereocenters. The molecular formula is C22H26FNO. The molecule has 0 saturated carbocycles. The predicted molar refractivity (Wildman–Crippen MR) is 97.9 cm³/mol. The van der Waals surface area contributed by atoms with Crippen LogP contribution in [0.15, 0.2) is 48.5 Å². The lowest BCUT2D eigenvalue weighted by Crippen LogP contribution is -2.38. The molecule has 4 rings (SSSR count). The third kappa shape index (κ3) is 3.78. The number of nitrogens with zero attached hydrogens (tertiary/aromatic N) is 1. The fourth-order valence-corrected chi connectivity index (χ4v) is 4.53. The maximum absolute atomic E-state index is 13.0. The monoisotopic (exact) mass is 339 g/mol. The highest BCUT2D eigenvalue weighted by molar-refractivity contribution is 5.32. The van der Waals surface area contributed by atoms with Crippen LogP contribution in [0.1, 0.15) is 35.6 Å².